The van der Waals surface area contributed by atoms with E-state index in [0.29, 0.717) is 0 Å². The molecule has 2 aromatic carbocycles. The van der Waals surface area contributed by atoms with Gasteiger partial charge in [-0.05, 0) is 65.9 Å². The molecule has 2 aromatic rings. The minimum absolute atomic E-state index is 0.00335. The number of aliphatic hydroxyl groups excluding tert-OH is 1. The molecule has 0 atom stereocenters. The van der Waals surface area contributed by atoms with Crippen molar-refractivity contribution >= 4 is 17.9 Å². The Labute approximate surface area is 142 Å². The van der Waals surface area contributed by atoms with E-state index in [2.05, 4.69) is 0 Å². The van der Waals surface area contributed by atoms with Crippen molar-refractivity contribution in [3.8, 4) is 5.75 Å². The van der Waals surface area contributed by atoms with Crippen LogP contribution in [0.5, 0.6) is 5.75 Å². The van der Waals surface area contributed by atoms with Gasteiger partial charge in [-0.1, -0.05) is 36.4 Å². The fourth-order valence-corrected chi connectivity index (χ4v) is 2.32. The van der Waals surface area contributed by atoms with Gasteiger partial charge in [0.25, 0.3) is 0 Å². The maximum absolute atomic E-state index is 12.0. The predicted octanol–water partition coefficient (Wildman–Crippen LogP) is 4.10. The third-order valence-corrected chi connectivity index (χ3v) is 3.86. The lowest BCUT2D eigenvalue weighted by atomic mass is 10.0. The van der Waals surface area contributed by atoms with E-state index in [1.165, 1.54) is 12.2 Å². The molecular formula is C21H22O3. The summed E-state index contributed by atoms with van der Waals surface area (Å²) in [6, 6.07) is 11.5. The molecule has 0 unspecified atom stereocenters. The van der Waals surface area contributed by atoms with E-state index in [4.69, 9.17) is 4.74 Å². The van der Waals surface area contributed by atoms with E-state index in [0.717, 1.165) is 33.6 Å². The van der Waals surface area contributed by atoms with Gasteiger partial charge >= 0.3 is 0 Å². The number of allylic oxidation sites excluding steroid dienone is 2. The van der Waals surface area contributed by atoms with Gasteiger partial charge in [0.15, 0.2) is 5.78 Å². The SMILES string of the molecule is COc1cc(/C=C/C(=O)/C=C/c2ccc(C)c(CO)c2)ccc1C. The first-order valence-corrected chi connectivity index (χ1v) is 7.78. The first-order chi connectivity index (χ1) is 11.5. The highest BCUT2D eigenvalue weighted by Crippen LogP contribution is 2.19. The molecule has 0 amide bonds. The Morgan fingerprint density at radius 2 is 1.58 bits per heavy atom. The van der Waals surface area contributed by atoms with E-state index in [9.17, 15) is 9.90 Å². The molecule has 1 N–H and O–H groups in total. The number of carbonyl (C=O) groups is 1. The Morgan fingerprint density at radius 3 is 2.17 bits per heavy atom. The molecule has 3 heteroatoms. The lowest BCUT2D eigenvalue weighted by Crippen LogP contribution is -1.90. The highest BCUT2D eigenvalue weighted by Gasteiger charge is 1.99. The standard InChI is InChI=1S/C21H22O3/c1-15-4-6-17(12-19(15)14-22)8-10-20(23)11-9-18-7-5-16(2)21(13-18)24-3/h4-13,22H,14H2,1-3H3/b10-8+,11-9+. The number of hydrogen-bond acceptors (Lipinski definition) is 3. The van der Waals surface area contributed by atoms with Crippen molar-refractivity contribution in [2.45, 2.75) is 20.5 Å². The molecule has 0 aliphatic rings. The summed E-state index contributed by atoms with van der Waals surface area (Å²) in [4.78, 5) is 12.0. The van der Waals surface area contributed by atoms with E-state index in [1.54, 1.807) is 19.3 Å². The fraction of sp³-hybridized carbons (Fsp3) is 0.190. The van der Waals surface area contributed by atoms with Crippen molar-refractivity contribution in [1.29, 1.82) is 0 Å². The van der Waals surface area contributed by atoms with Crippen LogP contribution in [0.3, 0.4) is 0 Å². The largest absolute Gasteiger partial charge is 0.496 e. The Bertz CT molecular complexity index is 720. The molecule has 0 bridgehead atoms. The maximum atomic E-state index is 12.0. The van der Waals surface area contributed by atoms with E-state index < -0.39 is 0 Å². The first-order valence-electron chi connectivity index (χ1n) is 7.78. The van der Waals surface area contributed by atoms with E-state index in [1.807, 2.05) is 50.2 Å². The van der Waals surface area contributed by atoms with Crippen LogP contribution < -0.4 is 4.74 Å². The maximum Gasteiger partial charge on any atom is 0.178 e. The minimum atomic E-state index is -0.0966. The lowest BCUT2D eigenvalue weighted by Gasteiger charge is -2.04. The number of benzene rings is 2. The first kappa shape index (κ1) is 17.7. The Balaban J connectivity index is 2.07. The molecule has 0 aromatic heterocycles. The van der Waals surface area contributed by atoms with Crippen molar-refractivity contribution in [3.63, 3.8) is 0 Å². The van der Waals surface area contributed by atoms with Crippen LogP contribution in [0.25, 0.3) is 12.2 Å². The fourth-order valence-electron chi connectivity index (χ4n) is 2.32. The summed E-state index contributed by atoms with van der Waals surface area (Å²) >= 11 is 0. The molecule has 0 aliphatic carbocycles. The van der Waals surface area contributed by atoms with Crippen LogP contribution in [0.15, 0.2) is 48.6 Å². The Morgan fingerprint density at radius 1 is 1.00 bits per heavy atom. The molecule has 2 rings (SSSR count). The second-order valence-electron chi connectivity index (χ2n) is 5.64. The summed E-state index contributed by atoms with van der Waals surface area (Å²) in [5, 5.41) is 9.28. The van der Waals surface area contributed by atoms with Gasteiger partial charge in [-0.25, -0.2) is 0 Å². The highest BCUT2D eigenvalue weighted by molar-refractivity contribution is 6.04. The predicted molar refractivity (Wildman–Crippen MR) is 97.9 cm³/mol. The van der Waals surface area contributed by atoms with Crippen LogP contribution in [0.4, 0.5) is 0 Å². The van der Waals surface area contributed by atoms with Gasteiger partial charge in [-0.3, -0.25) is 4.79 Å². The molecule has 0 spiro atoms. The van der Waals surface area contributed by atoms with Crippen molar-refractivity contribution < 1.29 is 14.6 Å². The molecule has 24 heavy (non-hydrogen) atoms. The summed E-state index contributed by atoms with van der Waals surface area (Å²) in [7, 11) is 1.63. The van der Waals surface area contributed by atoms with Gasteiger partial charge in [0, 0.05) is 0 Å². The average molecular weight is 322 g/mol. The van der Waals surface area contributed by atoms with Crippen LogP contribution in [0.1, 0.15) is 27.8 Å². The zero-order valence-electron chi connectivity index (χ0n) is 14.2. The number of methoxy groups -OCH3 is 1. The third kappa shape index (κ3) is 4.67. The molecule has 0 saturated carbocycles. The lowest BCUT2D eigenvalue weighted by molar-refractivity contribution is -0.110. The normalized spacial score (nSPS) is 11.3. The second-order valence-corrected chi connectivity index (χ2v) is 5.64. The van der Waals surface area contributed by atoms with Crippen molar-refractivity contribution in [2.75, 3.05) is 7.11 Å². The van der Waals surface area contributed by atoms with Crippen LogP contribution in [-0.2, 0) is 11.4 Å². The Hall–Kier alpha value is -2.65. The summed E-state index contributed by atoms with van der Waals surface area (Å²) in [5.41, 5.74) is 4.77. The van der Waals surface area contributed by atoms with Crippen LogP contribution in [-0.4, -0.2) is 18.0 Å². The van der Waals surface area contributed by atoms with Gasteiger partial charge in [-0.15, -0.1) is 0 Å². The second kappa shape index (κ2) is 8.27. The highest BCUT2D eigenvalue weighted by atomic mass is 16.5. The topological polar surface area (TPSA) is 46.5 Å². The van der Waals surface area contributed by atoms with Crippen LogP contribution in [0, 0.1) is 13.8 Å². The number of carbonyl (C=O) groups excluding carboxylic acids is 1. The number of rotatable bonds is 6. The van der Waals surface area contributed by atoms with Crippen molar-refractivity contribution in [3.05, 3.63) is 76.4 Å². The van der Waals surface area contributed by atoms with Gasteiger partial charge in [0.1, 0.15) is 5.75 Å². The molecule has 3 nitrogen and oxygen atoms in total. The molecule has 0 radical (unpaired) electrons. The van der Waals surface area contributed by atoms with Crippen molar-refractivity contribution in [2.24, 2.45) is 0 Å². The zero-order chi connectivity index (χ0) is 17.5. The zero-order valence-corrected chi connectivity index (χ0v) is 14.2. The summed E-state index contributed by atoms with van der Waals surface area (Å²) < 4.78 is 5.28. The summed E-state index contributed by atoms with van der Waals surface area (Å²) in [5.74, 6) is 0.706. The van der Waals surface area contributed by atoms with Gasteiger partial charge in [0.2, 0.25) is 0 Å². The number of aryl methyl sites for hydroxylation is 2. The van der Waals surface area contributed by atoms with E-state index in [-0.39, 0.29) is 12.4 Å². The molecule has 0 heterocycles. The number of ketones is 1. The smallest absolute Gasteiger partial charge is 0.178 e. The monoisotopic (exact) mass is 322 g/mol. The van der Waals surface area contributed by atoms with E-state index >= 15 is 0 Å². The van der Waals surface area contributed by atoms with Gasteiger partial charge in [0.05, 0.1) is 13.7 Å². The van der Waals surface area contributed by atoms with Gasteiger partial charge < -0.3 is 9.84 Å². The molecule has 0 fully saturated rings. The average Bonchev–Trinajstić information content (AvgIpc) is 2.60. The Kier molecular flexibility index (Phi) is 6.10. The van der Waals surface area contributed by atoms with Crippen LogP contribution in [0.2, 0.25) is 0 Å². The molecule has 124 valence electrons. The number of hydrogen-bond donors (Lipinski definition) is 1. The van der Waals surface area contributed by atoms with Gasteiger partial charge in [-0.2, -0.15) is 0 Å². The van der Waals surface area contributed by atoms with Crippen molar-refractivity contribution in [1.82, 2.24) is 0 Å². The summed E-state index contributed by atoms with van der Waals surface area (Å²) in [6.45, 7) is 3.92. The summed E-state index contributed by atoms with van der Waals surface area (Å²) in [6.07, 6.45) is 6.57. The minimum Gasteiger partial charge on any atom is -0.496 e. The third-order valence-electron chi connectivity index (χ3n) is 3.86. The van der Waals surface area contributed by atoms with Crippen LogP contribution >= 0.6 is 0 Å². The molecule has 0 aliphatic heterocycles. The number of aliphatic hydroxyl groups is 1. The quantitative estimate of drug-likeness (QED) is 0.815. The number of ether oxygens (including phenoxy) is 1. The molecular weight excluding hydrogens is 300 g/mol. The molecule has 0 saturated heterocycles.